The number of methoxy groups -OCH3 is 1. The van der Waals surface area contributed by atoms with E-state index in [0.717, 1.165) is 0 Å². The number of benzene rings is 1. The van der Waals surface area contributed by atoms with Crippen molar-refractivity contribution in [1.29, 1.82) is 5.26 Å². The van der Waals surface area contributed by atoms with Crippen molar-refractivity contribution in [2.45, 2.75) is 65.1 Å². The second-order valence-electron chi connectivity index (χ2n) is 10.4. The molecule has 3 aromatic rings. The molecule has 13 heteroatoms. The molecule has 1 aromatic carbocycles. The number of thiophene rings is 1. The molecule has 2 N–H and O–H groups in total. The van der Waals surface area contributed by atoms with Crippen LogP contribution in [-0.2, 0) is 9.53 Å². The van der Waals surface area contributed by atoms with Crippen molar-refractivity contribution >= 4 is 28.2 Å². The maximum atomic E-state index is 14.1. The SMILES string of the molecule is COc1ccccc1[C@H](CN1c2sc(-n3nccn3)c(C)c2C(=O)N(C(C)(C)C(=O)NC(C)C)C1O)OCCC#N. The van der Waals surface area contributed by atoms with Crippen LogP contribution < -0.4 is 15.0 Å². The van der Waals surface area contributed by atoms with E-state index in [9.17, 15) is 14.7 Å². The number of aliphatic hydroxyl groups excluding tert-OH is 1. The molecule has 2 amide bonds. The first-order valence-corrected chi connectivity index (χ1v) is 14.0. The Labute approximate surface area is 243 Å². The van der Waals surface area contributed by atoms with Crippen LogP contribution in [0.2, 0.25) is 0 Å². The Morgan fingerprint density at radius 1 is 1.24 bits per heavy atom. The van der Waals surface area contributed by atoms with Gasteiger partial charge in [-0.1, -0.05) is 29.5 Å². The maximum Gasteiger partial charge on any atom is 0.261 e. The molecule has 12 nitrogen and oxygen atoms in total. The number of amides is 2. The number of nitrogens with zero attached hydrogens (tertiary/aromatic N) is 6. The summed E-state index contributed by atoms with van der Waals surface area (Å²) in [5, 5.41) is 33.5. The minimum atomic E-state index is -1.52. The van der Waals surface area contributed by atoms with Crippen LogP contribution in [0.15, 0.2) is 36.7 Å². The number of anilines is 1. The van der Waals surface area contributed by atoms with Gasteiger partial charge in [-0.05, 0) is 40.7 Å². The second-order valence-corrected chi connectivity index (χ2v) is 11.4. The largest absolute Gasteiger partial charge is 0.496 e. The molecule has 0 saturated heterocycles. The number of aliphatic hydroxyl groups is 1. The Balaban J connectivity index is 1.86. The van der Waals surface area contributed by atoms with Gasteiger partial charge in [0.1, 0.15) is 27.4 Å². The summed E-state index contributed by atoms with van der Waals surface area (Å²) in [6.45, 7) is 8.89. The van der Waals surface area contributed by atoms with Crippen molar-refractivity contribution in [1.82, 2.24) is 25.2 Å². The van der Waals surface area contributed by atoms with Crippen molar-refractivity contribution in [3.63, 3.8) is 0 Å². The van der Waals surface area contributed by atoms with Gasteiger partial charge >= 0.3 is 0 Å². The molecule has 2 atom stereocenters. The molecule has 1 aliphatic rings. The third-order valence-corrected chi connectivity index (χ3v) is 8.16. The zero-order chi connectivity index (χ0) is 29.9. The quantitative estimate of drug-likeness (QED) is 0.326. The minimum Gasteiger partial charge on any atom is -0.496 e. The van der Waals surface area contributed by atoms with E-state index in [1.807, 2.05) is 32.0 Å². The Morgan fingerprint density at radius 2 is 1.93 bits per heavy atom. The molecule has 41 heavy (non-hydrogen) atoms. The molecule has 0 spiro atoms. The summed E-state index contributed by atoms with van der Waals surface area (Å²) < 4.78 is 11.8. The normalized spacial score (nSPS) is 16.0. The molecule has 0 bridgehead atoms. The molecule has 1 unspecified atom stereocenters. The lowest BCUT2D eigenvalue weighted by Gasteiger charge is -2.48. The average molecular weight is 582 g/mol. The maximum absolute atomic E-state index is 14.1. The smallest absolute Gasteiger partial charge is 0.261 e. The van der Waals surface area contributed by atoms with Gasteiger partial charge in [-0.25, -0.2) is 0 Å². The summed E-state index contributed by atoms with van der Waals surface area (Å²) >= 11 is 1.26. The highest BCUT2D eigenvalue weighted by molar-refractivity contribution is 7.19. The number of nitrogens with one attached hydrogen (secondary N) is 1. The van der Waals surface area contributed by atoms with Crippen molar-refractivity contribution in [3.05, 3.63) is 53.3 Å². The van der Waals surface area contributed by atoms with Crippen molar-refractivity contribution < 1.29 is 24.2 Å². The Morgan fingerprint density at radius 3 is 2.56 bits per heavy atom. The number of rotatable bonds is 11. The molecule has 2 aromatic heterocycles. The van der Waals surface area contributed by atoms with E-state index in [0.29, 0.717) is 32.4 Å². The second kappa shape index (κ2) is 12.3. The van der Waals surface area contributed by atoms with Crippen LogP contribution in [0.4, 0.5) is 5.00 Å². The van der Waals surface area contributed by atoms with Crippen LogP contribution in [0.1, 0.15) is 61.7 Å². The number of carbonyl (C=O) groups is 2. The summed E-state index contributed by atoms with van der Waals surface area (Å²) in [5.41, 5.74) is 0.252. The van der Waals surface area contributed by atoms with Gasteiger partial charge in [-0.15, -0.1) is 4.80 Å². The zero-order valence-electron chi connectivity index (χ0n) is 24.0. The van der Waals surface area contributed by atoms with Crippen LogP contribution in [0.25, 0.3) is 5.00 Å². The van der Waals surface area contributed by atoms with Crippen LogP contribution in [0.5, 0.6) is 5.75 Å². The summed E-state index contributed by atoms with van der Waals surface area (Å²) in [5.74, 6) is -0.315. The molecule has 0 radical (unpaired) electrons. The minimum absolute atomic E-state index is 0.0809. The summed E-state index contributed by atoms with van der Waals surface area (Å²) in [6, 6.07) is 9.26. The molecular weight excluding hydrogens is 546 g/mol. The van der Waals surface area contributed by atoms with Crippen LogP contribution in [-0.4, -0.2) is 75.0 Å². The van der Waals surface area contributed by atoms with E-state index in [4.69, 9.17) is 14.7 Å². The first-order chi connectivity index (χ1) is 19.5. The summed E-state index contributed by atoms with van der Waals surface area (Å²) in [4.78, 5) is 31.7. The van der Waals surface area contributed by atoms with E-state index in [2.05, 4.69) is 21.6 Å². The molecule has 1 aliphatic heterocycles. The standard InChI is InChI=1S/C28H35N7O5S/c1-17(2)32-26(37)28(4,5)34-23(36)22-18(3)24(35-30-13-14-31-35)41-25(22)33(27(34)38)16-21(40-15-9-12-29)19-10-7-8-11-20(19)39-6/h7-8,10-11,13-14,17,21,27,38H,9,15-16H2,1-6H3,(H,32,37)/t21-,27?/m0/s1. The number of nitriles is 1. The molecule has 0 fully saturated rings. The van der Waals surface area contributed by atoms with Gasteiger partial charge in [0.25, 0.3) is 5.91 Å². The first kappa shape index (κ1) is 30.0. The van der Waals surface area contributed by atoms with Gasteiger partial charge in [-0.3, -0.25) is 14.5 Å². The number of aromatic nitrogens is 3. The lowest BCUT2D eigenvalue weighted by atomic mass is 9.97. The molecular formula is C28H35N7O5S. The highest BCUT2D eigenvalue weighted by atomic mass is 32.1. The Bertz CT molecular complexity index is 1430. The van der Waals surface area contributed by atoms with Crippen molar-refractivity contribution in [3.8, 4) is 16.8 Å². The average Bonchev–Trinajstić information content (AvgIpc) is 3.58. The molecule has 0 saturated carbocycles. The van der Waals surface area contributed by atoms with Gasteiger partial charge in [-0.2, -0.15) is 15.5 Å². The van der Waals surface area contributed by atoms with Crippen molar-refractivity contribution in [2.24, 2.45) is 0 Å². The predicted molar refractivity (Wildman–Crippen MR) is 153 cm³/mol. The van der Waals surface area contributed by atoms with Gasteiger partial charge in [0.05, 0.1) is 50.7 Å². The number of hydrogen-bond acceptors (Lipinski definition) is 10. The number of carbonyl (C=O) groups excluding carboxylic acids is 2. The van der Waals surface area contributed by atoms with Gasteiger partial charge in [0.15, 0.2) is 0 Å². The van der Waals surface area contributed by atoms with Crippen LogP contribution in [0, 0.1) is 18.3 Å². The van der Waals surface area contributed by atoms with E-state index in [-0.39, 0.29) is 25.6 Å². The number of ether oxygens (including phenoxy) is 2. The molecule has 0 aliphatic carbocycles. The summed E-state index contributed by atoms with van der Waals surface area (Å²) in [6.07, 6.45) is 1.08. The van der Waals surface area contributed by atoms with Crippen LogP contribution in [0.3, 0.4) is 0 Å². The third-order valence-electron chi connectivity index (χ3n) is 6.87. The fraction of sp³-hybridized carbons (Fsp3) is 0.464. The van der Waals surface area contributed by atoms with E-state index in [1.165, 1.54) is 21.0 Å². The topological polar surface area (TPSA) is 146 Å². The number of hydrogen-bond donors (Lipinski definition) is 2. The van der Waals surface area contributed by atoms with E-state index < -0.39 is 29.8 Å². The predicted octanol–water partition coefficient (Wildman–Crippen LogP) is 3.16. The lowest BCUT2D eigenvalue weighted by molar-refractivity contribution is -0.137. The summed E-state index contributed by atoms with van der Waals surface area (Å²) in [7, 11) is 1.56. The number of fused-ring (bicyclic) bond motifs is 1. The van der Waals surface area contributed by atoms with Crippen LogP contribution >= 0.6 is 11.3 Å². The molecule has 3 heterocycles. The van der Waals surface area contributed by atoms with Gasteiger partial charge in [0, 0.05) is 17.2 Å². The van der Waals surface area contributed by atoms with Gasteiger partial charge < -0.3 is 24.8 Å². The first-order valence-electron chi connectivity index (χ1n) is 13.2. The van der Waals surface area contributed by atoms with E-state index in [1.54, 1.807) is 51.2 Å². The van der Waals surface area contributed by atoms with E-state index >= 15 is 0 Å². The third kappa shape index (κ3) is 5.76. The highest BCUT2D eigenvalue weighted by Gasteiger charge is 2.50. The van der Waals surface area contributed by atoms with Gasteiger partial charge in [0.2, 0.25) is 12.3 Å². The fourth-order valence-electron chi connectivity index (χ4n) is 4.79. The number of para-hydroxylation sites is 1. The highest BCUT2D eigenvalue weighted by Crippen LogP contribution is 2.45. The lowest BCUT2D eigenvalue weighted by Crippen LogP contribution is -2.67. The van der Waals surface area contributed by atoms with Crippen molar-refractivity contribution in [2.75, 3.05) is 25.2 Å². The fourth-order valence-corrected chi connectivity index (χ4v) is 6.03. The Kier molecular flexibility index (Phi) is 8.96. The Hall–Kier alpha value is -3.99. The molecule has 4 rings (SSSR count). The zero-order valence-corrected chi connectivity index (χ0v) is 24.8. The monoisotopic (exact) mass is 581 g/mol. The molecule has 218 valence electrons.